The molecule has 5 heteroatoms. The number of hydrogen-bond acceptors (Lipinski definition) is 5. The summed E-state index contributed by atoms with van der Waals surface area (Å²) in [5.74, 6) is -0.582. The van der Waals surface area contributed by atoms with E-state index >= 15 is 0 Å². The number of fused-ring (bicyclic) bond motifs is 6. The largest absolute Gasteiger partial charge is 0.208 e. The molecule has 10 aromatic rings. The first-order valence-corrected chi connectivity index (χ1v) is 17.1. The van der Waals surface area contributed by atoms with Gasteiger partial charge in [-0.3, -0.25) is 0 Å². The first kappa shape index (κ1) is 18.1. The van der Waals surface area contributed by atoms with E-state index in [1.165, 1.54) is 0 Å². The molecule has 0 atom stereocenters. The molecule has 0 aliphatic heterocycles. The molecule has 0 aliphatic carbocycles. The minimum Gasteiger partial charge on any atom is -0.208 e. The van der Waals surface area contributed by atoms with Crippen molar-refractivity contribution in [2.24, 2.45) is 0 Å². The highest BCUT2D eigenvalue weighted by Crippen LogP contribution is 2.40. The van der Waals surface area contributed by atoms with Gasteiger partial charge in [0.25, 0.3) is 0 Å². The summed E-state index contributed by atoms with van der Waals surface area (Å²) in [4.78, 5) is 14.3. The lowest BCUT2D eigenvalue weighted by Gasteiger charge is -2.11. The van der Waals surface area contributed by atoms with Crippen LogP contribution in [-0.2, 0) is 0 Å². The van der Waals surface area contributed by atoms with Gasteiger partial charge in [-0.25, -0.2) is 15.0 Å². The van der Waals surface area contributed by atoms with Gasteiger partial charge in [-0.1, -0.05) is 121 Å². The highest BCUT2D eigenvalue weighted by Gasteiger charge is 2.18. The standard InChI is InChI=1S/C45H27N3S2/c1-2-10-28(11-3-1)31-12-8-13-32(26-31)29-20-22-30(23-21-29)43-46-44(33-24-25-40-37(27-33)34-14-4-6-17-38(34)49-40)48-45(47-43)36-16-9-19-41-42(36)35-15-5-7-18-39(35)50-41/h1-27H/i4D,5D,6D,7D,9D,14D,15D,16D,17D,18D,19D,24D,25D,27D. The molecule has 0 bridgehead atoms. The van der Waals surface area contributed by atoms with E-state index in [9.17, 15) is 4.11 Å². The zero-order valence-corrected chi connectivity index (χ0v) is 27.3. The molecule has 10 rings (SSSR count). The van der Waals surface area contributed by atoms with Crippen LogP contribution in [0.25, 0.3) is 96.8 Å². The van der Waals surface area contributed by atoms with Gasteiger partial charge in [-0.2, -0.15) is 0 Å². The monoisotopic (exact) mass is 687 g/mol. The Balaban J connectivity index is 1.27. The van der Waals surface area contributed by atoms with E-state index in [1.54, 1.807) is 12.1 Å². The van der Waals surface area contributed by atoms with Crippen molar-refractivity contribution in [1.82, 2.24) is 15.0 Å². The summed E-state index contributed by atoms with van der Waals surface area (Å²) in [6, 6.07) is 18.9. The van der Waals surface area contributed by atoms with Crippen molar-refractivity contribution in [2.45, 2.75) is 0 Å². The minimum atomic E-state index is -0.544. The van der Waals surface area contributed by atoms with Crippen LogP contribution in [0.2, 0.25) is 0 Å². The van der Waals surface area contributed by atoms with Crippen LogP contribution < -0.4 is 0 Å². The number of rotatable bonds is 5. The molecule has 0 N–H and O–H groups in total. The van der Waals surface area contributed by atoms with Gasteiger partial charge in [0.1, 0.15) is 0 Å². The number of nitrogens with zero attached hydrogens (tertiary/aromatic N) is 3. The number of aromatic nitrogens is 3. The average molecular weight is 688 g/mol. The summed E-state index contributed by atoms with van der Waals surface area (Å²) >= 11 is 1.76. The molecule has 7 aromatic carbocycles. The van der Waals surface area contributed by atoms with Crippen LogP contribution >= 0.6 is 22.7 Å². The Kier molecular flexibility index (Phi) is 4.29. The molecule has 50 heavy (non-hydrogen) atoms. The maximum atomic E-state index is 9.55. The molecule has 234 valence electrons. The Morgan fingerprint density at radius 1 is 0.400 bits per heavy atom. The smallest absolute Gasteiger partial charge is 0.164 e. The Hall–Kier alpha value is -6.01. The summed E-state index contributed by atoms with van der Waals surface area (Å²) in [5, 5.41) is 0.0585. The predicted octanol–water partition coefficient (Wildman–Crippen LogP) is 12.9. The molecular weight excluding hydrogens is 647 g/mol. The Morgan fingerprint density at radius 3 is 1.78 bits per heavy atom. The Labute approximate surface area is 316 Å². The molecule has 0 radical (unpaired) electrons. The van der Waals surface area contributed by atoms with Crippen molar-refractivity contribution in [3.05, 3.63) is 163 Å². The predicted molar refractivity (Wildman–Crippen MR) is 213 cm³/mol. The van der Waals surface area contributed by atoms with Crippen LogP contribution in [0.5, 0.6) is 0 Å². The Morgan fingerprint density at radius 2 is 0.980 bits per heavy atom. The van der Waals surface area contributed by atoms with E-state index in [1.807, 2.05) is 60.7 Å². The Bertz CT molecular complexity index is 3670. The zero-order chi connectivity index (χ0) is 45.2. The van der Waals surface area contributed by atoms with Crippen molar-refractivity contribution in [3.63, 3.8) is 0 Å². The lowest BCUT2D eigenvalue weighted by atomic mass is 9.98. The molecule has 3 heterocycles. The maximum absolute atomic E-state index is 9.55. The number of benzene rings is 7. The molecule has 3 nitrogen and oxygen atoms in total. The molecular formula is C45H27N3S2. The minimum absolute atomic E-state index is 0.00370. The quantitative estimate of drug-likeness (QED) is 0.181. The summed E-state index contributed by atoms with van der Waals surface area (Å²) in [5.41, 5.74) is 3.85. The summed E-state index contributed by atoms with van der Waals surface area (Å²) in [7, 11) is 0. The highest BCUT2D eigenvalue weighted by molar-refractivity contribution is 7.26. The topological polar surface area (TPSA) is 38.7 Å². The second-order valence-electron chi connectivity index (χ2n) is 11.4. The molecule has 0 saturated heterocycles. The molecule has 0 saturated carbocycles. The highest BCUT2D eigenvalue weighted by atomic mass is 32.1. The van der Waals surface area contributed by atoms with Crippen LogP contribution in [0.3, 0.4) is 0 Å². The molecule has 0 amide bonds. The second-order valence-corrected chi connectivity index (χ2v) is 13.4. The van der Waals surface area contributed by atoms with E-state index < -0.39 is 60.4 Å². The van der Waals surface area contributed by atoms with Gasteiger partial charge in [0, 0.05) is 57.0 Å². The fourth-order valence-corrected chi connectivity index (χ4v) is 7.88. The maximum Gasteiger partial charge on any atom is 0.164 e. The molecule has 0 spiro atoms. The normalized spacial score (nSPS) is 15.5. The van der Waals surface area contributed by atoms with Crippen molar-refractivity contribution >= 4 is 63.0 Å². The van der Waals surface area contributed by atoms with E-state index in [4.69, 9.17) is 30.0 Å². The van der Waals surface area contributed by atoms with Crippen molar-refractivity contribution in [1.29, 1.82) is 0 Å². The first-order valence-electron chi connectivity index (χ1n) is 22.5. The van der Waals surface area contributed by atoms with Crippen LogP contribution in [-0.4, -0.2) is 15.0 Å². The number of thiophene rings is 2. The van der Waals surface area contributed by atoms with Crippen LogP contribution in [0, 0.1) is 0 Å². The van der Waals surface area contributed by atoms with Crippen molar-refractivity contribution < 1.29 is 19.2 Å². The number of hydrogen-bond donors (Lipinski definition) is 0. The molecule has 0 fully saturated rings. The van der Waals surface area contributed by atoms with Gasteiger partial charge in [0.2, 0.25) is 0 Å². The summed E-state index contributed by atoms with van der Waals surface area (Å²) in [6.07, 6.45) is 0. The lowest BCUT2D eigenvalue weighted by molar-refractivity contribution is 1.08. The molecule has 0 unspecified atom stereocenters. The van der Waals surface area contributed by atoms with Crippen LogP contribution in [0.15, 0.2) is 163 Å². The lowest BCUT2D eigenvalue weighted by Crippen LogP contribution is -2.00. The van der Waals surface area contributed by atoms with E-state index in [0.717, 1.165) is 44.9 Å². The van der Waals surface area contributed by atoms with Crippen molar-refractivity contribution in [3.8, 4) is 56.4 Å². The third-order valence-electron chi connectivity index (χ3n) is 8.36. The van der Waals surface area contributed by atoms with Crippen LogP contribution in [0.4, 0.5) is 0 Å². The third kappa shape index (κ3) is 4.98. The van der Waals surface area contributed by atoms with Gasteiger partial charge in [-0.15, -0.1) is 22.7 Å². The van der Waals surface area contributed by atoms with Crippen molar-refractivity contribution in [2.75, 3.05) is 0 Å². The fraction of sp³-hybridized carbons (Fsp3) is 0. The van der Waals surface area contributed by atoms with Gasteiger partial charge >= 0.3 is 0 Å². The summed E-state index contributed by atoms with van der Waals surface area (Å²) in [6.45, 7) is 0. The van der Waals surface area contributed by atoms with Gasteiger partial charge in [0.15, 0.2) is 17.5 Å². The SMILES string of the molecule is [2H]c1c([2H])c([2H])c2c(sc3c([2H])c([2H])c(-c4nc(-c5ccc(-c6cccc(-c7ccccc7)c6)cc5)nc(-c5c([2H])c([2H])c([2H])c6sc7c([2H])c([2H])c([2H])c([2H])c7c56)n4)c([2H])c32)c1[2H]. The zero-order valence-electron chi connectivity index (χ0n) is 39.7. The van der Waals surface area contributed by atoms with Gasteiger partial charge in [-0.05, 0) is 64.6 Å². The third-order valence-corrected chi connectivity index (χ3v) is 10.4. The van der Waals surface area contributed by atoms with Gasteiger partial charge in [0.05, 0.1) is 19.2 Å². The summed E-state index contributed by atoms with van der Waals surface area (Å²) < 4.78 is 124. The molecule has 3 aromatic heterocycles. The second kappa shape index (κ2) is 11.8. The van der Waals surface area contributed by atoms with E-state index in [2.05, 4.69) is 6.07 Å². The van der Waals surface area contributed by atoms with Gasteiger partial charge < -0.3 is 0 Å². The van der Waals surface area contributed by atoms with Crippen LogP contribution in [0.1, 0.15) is 19.2 Å². The first-order chi connectivity index (χ1) is 30.6. The molecule has 0 aliphatic rings. The van der Waals surface area contributed by atoms with E-state index in [0.29, 0.717) is 5.56 Å². The average Bonchev–Trinajstić information content (AvgIpc) is 3.92. The fourth-order valence-electron chi connectivity index (χ4n) is 5.99. The van der Waals surface area contributed by atoms with E-state index in [-0.39, 0.29) is 93.1 Å².